The van der Waals surface area contributed by atoms with Crippen molar-refractivity contribution in [2.75, 3.05) is 7.11 Å². The Morgan fingerprint density at radius 1 is 1.17 bits per heavy atom. The van der Waals surface area contributed by atoms with Crippen LogP contribution in [-0.2, 0) is 4.79 Å². The fourth-order valence-electron chi connectivity index (χ4n) is 2.43. The van der Waals surface area contributed by atoms with E-state index in [1.165, 1.54) is 5.56 Å². The molecule has 122 valence electrons. The summed E-state index contributed by atoms with van der Waals surface area (Å²) in [5.74, 6) is 0.200. The fraction of sp³-hybridized carbons (Fsp3) is 0.316. The summed E-state index contributed by atoms with van der Waals surface area (Å²) in [6, 6.07) is 14.8. The highest BCUT2D eigenvalue weighted by Crippen LogP contribution is 2.22. The van der Waals surface area contributed by atoms with E-state index in [1.54, 1.807) is 31.4 Å². The van der Waals surface area contributed by atoms with Crippen LogP contribution in [0.3, 0.4) is 0 Å². The largest absolute Gasteiger partial charge is 0.497 e. The molecule has 0 bridgehead atoms. The smallest absolute Gasteiger partial charge is 0.253 e. The number of carbonyl (C=O) groups excluding carboxylic acids is 1. The minimum absolute atomic E-state index is 0.122. The second kappa shape index (κ2) is 7.79. The van der Waals surface area contributed by atoms with Gasteiger partial charge in [0.1, 0.15) is 5.75 Å². The summed E-state index contributed by atoms with van der Waals surface area (Å²) in [6.45, 7) is 4.03. The number of rotatable bonds is 6. The highest BCUT2D eigenvalue weighted by Gasteiger charge is 2.21. The lowest BCUT2D eigenvalue weighted by Crippen LogP contribution is -2.32. The molecule has 0 saturated heterocycles. The molecule has 4 heteroatoms. The van der Waals surface area contributed by atoms with Crippen LogP contribution in [0.15, 0.2) is 48.5 Å². The molecule has 0 fully saturated rings. The Bertz CT molecular complexity index is 652. The number of aryl methyl sites for hydroxylation is 1. The molecule has 2 aromatic carbocycles. The number of amides is 1. The molecule has 4 nitrogen and oxygen atoms in total. The average Bonchev–Trinajstić information content (AvgIpc) is 2.59. The molecule has 0 spiro atoms. The lowest BCUT2D eigenvalue weighted by molar-refractivity contribution is -0.130. The number of hydrogen-bond acceptors (Lipinski definition) is 3. The second-order valence-electron chi connectivity index (χ2n) is 5.56. The number of carbonyl (C=O) groups is 1. The van der Waals surface area contributed by atoms with Crippen LogP contribution >= 0.6 is 0 Å². The molecule has 0 aromatic heterocycles. The van der Waals surface area contributed by atoms with Crippen molar-refractivity contribution in [2.45, 2.75) is 32.4 Å². The third-order valence-electron chi connectivity index (χ3n) is 3.86. The molecule has 2 atom stereocenters. The van der Waals surface area contributed by atoms with E-state index in [4.69, 9.17) is 4.74 Å². The Kier molecular flexibility index (Phi) is 5.77. The van der Waals surface area contributed by atoms with Crippen LogP contribution in [0.5, 0.6) is 5.75 Å². The summed E-state index contributed by atoms with van der Waals surface area (Å²) < 4.78 is 5.12. The van der Waals surface area contributed by atoms with Gasteiger partial charge in [-0.1, -0.05) is 48.9 Å². The van der Waals surface area contributed by atoms with Gasteiger partial charge >= 0.3 is 0 Å². The van der Waals surface area contributed by atoms with E-state index in [1.807, 2.05) is 38.1 Å². The first-order valence-corrected chi connectivity index (χ1v) is 7.74. The van der Waals surface area contributed by atoms with E-state index < -0.39 is 12.0 Å². The molecule has 2 rings (SSSR count). The first kappa shape index (κ1) is 17.0. The lowest BCUT2D eigenvalue weighted by atomic mass is 10.0. The van der Waals surface area contributed by atoms with Crippen molar-refractivity contribution < 1.29 is 14.6 Å². The monoisotopic (exact) mass is 313 g/mol. The number of benzene rings is 2. The molecule has 0 aliphatic heterocycles. The third-order valence-corrected chi connectivity index (χ3v) is 3.86. The summed E-state index contributed by atoms with van der Waals surface area (Å²) >= 11 is 0. The molecular weight excluding hydrogens is 290 g/mol. The molecule has 2 aromatic rings. The maximum absolute atomic E-state index is 12.4. The van der Waals surface area contributed by atoms with Gasteiger partial charge in [0.05, 0.1) is 13.2 Å². The van der Waals surface area contributed by atoms with Crippen LogP contribution in [-0.4, -0.2) is 18.1 Å². The van der Waals surface area contributed by atoms with E-state index in [0.29, 0.717) is 11.3 Å². The van der Waals surface area contributed by atoms with E-state index in [-0.39, 0.29) is 6.04 Å². The van der Waals surface area contributed by atoms with E-state index >= 15 is 0 Å². The van der Waals surface area contributed by atoms with Gasteiger partial charge in [0.15, 0.2) is 6.10 Å². The van der Waals surface area contributed by atoms with Gasteiger partial charge in [-0.05, 0) is 36.6 Å². The Labute approximate surface area is 137 Å². The van der Waals surface area contributed by atoms with Crippen LogP contribution in [0, 0.1) is 6.92 Å². The van der Waals surface area contributed by atoms with Gasteiger partial charge in [0, 0.05) is 0 Å². The Hall–Kier alpha value is -2.33. The van der Waals surface area contributed by atoms with Gasteiger partial charge < -0.3 is 15.2 Å². The van der Waals surface area contributed by atoms with Gasteiger partial charge in [0.2, 0.25) is 0 Å². The minimum atomic E-state index is -1.22. The molecule has 2 N–H and O–H groups in total. The van der Waals surface area contributed by atoms with Crippen LogP contribution < -0.4 is 10.1 Å². The number of methoxy groups -OCH3 is 1. The maximum Gasteiger partial charge on any atom is 0.253 e. The van der Waals surface area contributed by atoms with Gasteiger partial charge in [-0.2, -0.15) is 0 Å². The molecule has 0 saturated carbocycles. The number of nitrogens with one attached hydrogen (secondary N) is 1. The zero-order chi connectivity index (χ0) is 16.8. The van der Waals surface area contributed by atoms with Crippen molar-refractivity contribution in [2.24, 2.45) is 0 Å². The van der Waals surface area contributed by atoms with Crippen LogP contribution in [0.2, 0.25) is 0 Å². The van der Waals surface area contributed by atoms with Crippen molar-refractivity contribution in [3.8, 4) is 5.75 Å². The predicted molar refractivity (Wildman–Crippen MR) is 90.3 cm³/mol. The molecule has 1 amide bonds. The SMILES string of the molecule is CCC(NC(=O)C(O)c1cccc(OC)c1)c1ccc(C)cc1. The Balaban J connectivity index is 2.10. The van der Waals surface area contributed by atoms with Crippen molar-refractivity contribution >= 4 is 5.91 Å². The number of hydrogen-bond donors (Lipinski definition) is 2. The van der Waals surface area contributed by atoms with E-state index in [2.05, 4.69) is 5.32 Å². The summed E-state index contributed by atoms with van der Waals surface area (Å²) in [7, 11) is 1.55. The molecule has 0 aliphatic rings. The first-order chi connectivity index (χ1) is 11.0. The molecule has 0 radical (unpaired) electrons. The number of aliphatic hydroxyl groups is 1. The molecule has 0 aliphatic carbocycles. The Morgan fingerprint density at radius 2 is 1.87 bits per heavy atom. The maximum atomic E-state index is 12.4. The number of ether oxygens (including phenoxy) is 1. The highest BCUT2D eigenvalue weighted by atomic mass is 16.5. The van der Waals surface area contributed by atoms with Gasteiger partial charge in [0.25, 0.3) is 5.91 Å². The highest BCUT2D eigenvalue weighted by molar-refractivity contribution is 5.82. The summed E-state index contributed by atoms with van der Waals surface area (Å²) in [4.78, 5) is 12.4. The van der Waals surface area contributed by atoms with Crippen molar-refractivity contribution in [1.82, 2.24) is 5.32 Å². The summed E-state index contributed by atoms with van der Waals surface area (Å²) in [6.07, 6.45) is -0.468. The lowest BCUT2D eigenvalue weighted by Gasteiger charge is -2.20. The Morgan fingerprint density at radius 3 is 2.48 bits per heavy atom. The summed E-state index contributed by atoms with van der Waals surface area (Å²) in [5, 5.41) is 13.2. The fourth-order valence-corrected chi connectivity index (χ4v) is 2.43. The minimum Gasteiger partial charge on any atom is -0.497 e. The van der Waals surface area contributed by atoms with E-state index in [9.17, 15) is 9.90 Å². The summed E-state index contributed by atoms with van der Waals surface area (Å²) in [5.41, 5.74) is 2.72. The van der Waals surface area contributed by atoms with Crippen LogP contribution in [0.4, 0.5) is 0 Å². The van der Waals surface area contributed by atoms with Crippen LogP contribution in [0.1, 0.15) is 42.2 Å². The van der Waals surface area contributed by atoms with Crippen molar-refractivity contribution in [3.05, 3.63) is 65.2 Å². The van der Waals surface area contributed by atoms with Gasteiger partial charge in [-0.25, -0.2) is 0 Å². The quantitative estimate of drug-likeness (QED) is 0.860. The van der Waals surface area contributed by atoms with Crippen LogP contribution in [0.25, 0.3) is 0 Å². The average molecular weight is 313 g/mol. The first-order valence-electron chi connectivity index (χ1n) is 7.74. The predicted octanol–water partition coefficient (Wildman–Crippen LogP) is 3.30. The van der Waals surface area contributed by atoms with Gasteiger partial charge in [-0.3, -0.25) is 4.79 Å². The second-order valence-corrected chi connectivity index (χ2v) is 5.56. The normalized spacial score (nSPS) is 13.2. The van der Waals surface area contributed by atoms with E-state index in [0.717, 1.165) is 12.0 Å². The molecule has 2 unspecified atom stereocenters. The molecular formula is C19H23NO3. The third kappa shape index (κ3) is 4.33. The van der Waals surface area contributed by atoms with Crippen molar-refractivity contribution in [3.63, 3.8) is 0 Å². The molecule has 0 heterocycles. The molecule has 23 heavy (non-hydrogen) atoms. The zero-order valence-corrected chi connectivity index (χ0v) is 13.7. The van der Waals surface area contributed by atoms with Crippen molar-refractivity contribution in [1.29, 1.82) is 0 Å². The number of aliphatic hydroxyl groups excluding tert-OH is 1. The zero-order valence-electron chi connectivity index (χ0n) is 13.7. The standard InChI is InChI=1S/C19H23NO3/c1-4-17(14-10-8-13(2)9-11-14)20-19(22)18(21)15-6-5-7-16(12-15)23-3/h5-12,17-18,21H,4H2,1-3H3,(H,20,22). The topological polar surface area (TPSA) is 58.6 Å². The van der Waals surface area contributed by atoms with Gasteiger partial charge in [-0.15, -0.1) is 0 Å².